The minimum absolute atomic E-state index is 0.0533. The SMILES string of the molecule is CN(CC(F)(F)F)C1CCC(n2ncc3nc(-n4ccnc4)nc(C(N)=O)c32)CC1. The summed E-state index contributed by atoms with van der Waals surface area (Å²) in [5, 5.41) is 4.40. The second-order valence-corrected chi connectivity index (χ2v) is 7.52. The highest BCUT2D eigenvalue weighted by molar-refractivity contribution is 6.02. The van der Waals surface area contributed by atoms with Crippen molar-refractivity contribution in [2.45, 2.75) is 43.9 Å². The molecule has 0 bridgehead atoms. The van der Waals surface area contributed by atoms with Crippen LogP contribution in [0.5, 0.6) is 0 Å². The van der Waals surface area contributed by atoms with Crippen LogP contribution in [0.4, 0.5) is 13.2 Å². The molecule has 0 unspecified atom stereocenters. The molecule has 4 rings (SSSR count). The summed E-state index contributed by atoms with van der Waals surface area (Å²) < 4.78 is 41.3. The number of amides is 1. The largest absolute Gasteiger partial charge is 0.401 e. The Kier molecular flexibility index (Phi) is 5.18. The lowest BCUT2D eigenvalue weighted by Crippen LogP contribution is -2.41. The van der Waals surface area contributed by atoms with E-state index in [2.05, 4.69) is 20.1 Å². The van der Waals surface area contributed by atoms with E-state index >= 15 is 0 Å². The van der Waals surface area contributed by atoms with Crippen molar-refractivity contribution in [1.29, 1.82) is 0 Å². The molecule has 1 saturated carbocycles. The molecule has 2 N–H and O–H groups in total. The maximum Gasteiger partial charge on any atom is 0.401 e. The van der Waals surface area contributed by atoms with E-state index in [0.717, 1.165) is 0 Å². The summed E-state index contributed by atoms with van der Waals surface area (Å²) in [5.41, 5.74) is 6.54. The number of carbonyl (C=O) groups is 1. The average molecular weight is 422 g/mol. The summed E-state index contributed by atoms with van der Waals surface area (Å²) in [6.45, 7) is -0.927. The van der Waals surface area contributed by atoms with Gasteiger partial charge in [-0.3, -0.25) is 18.9 Å². The molecule has 30 heavy (non-hydrogen) atoms. The lowest BCUT2D eigenvalue weighted by Gasteiger charge is -2.35. The van der Waals surface area contributed by atoms with Crippen LogP contribution >= 0.6 is 0 Å². The summed E-state index contributed by atoms with van der Waals surface area (Å²) in [6, 6.07) is -0.219. The number of aromatic nitrogens is 6. The molecule has 0 atom stereocenters. The van der Waals surface area contributed by atoms with Crippen LogP contribution in [-0.4, -0.2) is 65.9 Å². The summed E-state index contributed by atoms with van der Waals surface area (Å²) in [7, 11) is 1.50. The minimum Gasteiger partial charge on any atom is -0.364 e. The van der Waals surface area contributed by atoms with Crippen molar-refractivity contribution in [2.24, 2.45) is 5.73 Å². The van der Waals surface area contributed by atoms with Gasteiger partial charge in [0, 0.05) is 18.4 Å². The number of hydrogen-bond donors (Lipinski definition) is 1. The number of alkyl halides is 3. The van der Waals surface area contributed by atoms with E-state index in [-0.39, 0.29) is 23.7 Å². The Hall–Kier alpha value is -3.02. The Morgan fingerprint density at radius 2 is 2.00 bits per heavy atom. The van der Waals surface area contributed by atoms with Crippen molar-refractivity contribution < 1.29 is 18.0 Å². The van der Waals surface area contributed by atoms with Crippen molar-refractivity contribution in [3.05, 3.63) is 30.6 Å². The van der Waals surface area contributed by atoms with Gasteiger partial charge in [-0.05, 0) is 32.7 Å². The number of nitrogens with zero attached hydrogens (tertiary/aromatic N) is 7. The van der Waals surface area contributed by atoms with Crippen molar-refractivity contribution in [2.75, 3.05) is 13.6 Å². The Labute approximate surface area is 169 Å². The highest BCUT2D eigenvalue weighted by atomic mass is 19.4. The molecule has 1 amide bonds. The molecule has 0 aliphatic heterocycles. The molecular formula is C18H21F3N8O. The highest BCUT2D eigenvalue weighted by Gasteiger charge is 2.34. The molecule has 0 spiro atoms. The van der Waals surface area contributed by atoms with E-state index in [1.807, 2.05) is 0 Å². The first-order chi connectivity index (χ1) is 14.2. The number of nitrogens with two attached hydrogens (primary N) is 1. The molecule has 3 aromatic heterocycles. The Morgan fingerprint density at radius 3 is 2.60 bits per heavy atom. The average Bonchev–Trinajstić information content (AvgIpc) is 3.36. The van der Waals surface area contributed by atoms with Gasteiger partial charge in [-0.15, -0.1) is 0 Å². The zero-order valence-corrected chi connectivity index (χ0v) is 16.2. The lowest BCUT2D eigenvalue weighted by molar-refractivity contribution is -0.148. The second kappa shape index (κ2) is 7.67. The van der Waals surface area contributed by atoms with Crippen LogP contribution in [0, 0.1) is 0 Å². The Morgan fingerprint density at radius 1 is 1.27 bits per heavy atom. The van der Waals surface area contributed by atoms with Crippen LogP contribution in [0.25, 0.3) is 17.0 Å². The van der Waals surface area contributed by atoms with Crippen LogP contribution in [0.3, 0.4) is 0 Å². The van der Waals surface area contributed by atoms with E-state index in [1.165, 1.54) is 18.3 Å². The molecule has 1 aliphatic rings. The number of carbonyl (C=O) groups excluding carboxylic acids is 1. The van der Waals surface area contributed by atoms with Gasteiger partial charge < -0.3 is 5.73 Å². The van der Waals surface area contributed by atoms with Crippen molar-refractivity contribution >= 4 is 16.9 Å². The zero-order valence-electron chi connectivity index (χ0n) is 16.2. The van der Waals surface area contributed by atoms with Crippen molar-refractivity contribution in [3.63, 3.8) is 0 Å². The molecule has 12 heteroatoms. The van der Waals surface area contributed by atoms with E-state index in [4.69, 9.17) is 5.73 Å². The van der Waals surface area contributed by atoms with Crippen molar-refractivity contribution in [3.8, 4) is 5.95 Å². The van der Waals surface area contributed by atoms with Gasteiger partial charge in [-0.1, -0.05) is 0 Å². The number of fused-ring (bicyclic) bond motifs is 1. The summed E-state index contributed by atoms with van der Waals surface area (Å²) in [6.07, 6.45) is 4.50. The highest BCUT2D eigenvalue weighted by Crippen LogP contribution is 2.34. The first kappa shape index (κ1) is 20.3. The Balaban J connectivity index is 1.59. The third-order valence-corrected chi connectivity index (χ3v) is 5.47. The third kappa shape index (κ3) is 3.99. The number of halogens is 3. The standard InChI is InChI=1S/C18H21F3N8O/c1-27(9-18(19,20)21)11-2-4-12(5-3-11)29-15-13(8-24-29)25-17(26-14(15)16(22)30)28-7-6-23-10-28/h6-8,10-12H,2-5,9H2,1H3,(H2,22,30). The normalized spacial score (nSPS) is 20.2. The topological polar surface area (TPSA) is 108 Å². The number of primary amides is 1. The molecule has 3 heterocycles. The fourth-order valence-corrected chi connectivity index (χ4v) is 4.05. The monoisotopic (exact) mass is 422 g/mol. The van der Waals surface area contributed by atoms with Gasteiger partial charge in [0.2, 0.25) is 5.95 Å². The first-order valence-electron chi connectivity index (χ1n) is 9.53. The van der Waals surface area contributed by atoms with Gasteiger partial charge in [0.1, 0.15) is 17.4 Å². The molecule has 3 aromatic rings. The van der Waals surface area contributed by atoms with Gasteiger partial charge in [0.15, 0.2) is 5.69 Å². The predicted octanol–water partition coefficient (Wildman–Crippen LogP) is 2.09. The smallest absolute Gasteiger partial charge is 0.364 e. The first-order valence-corrected chi connectivity index (χ1v) is 9.53. The van der Waals surface area contributed by atoms with E-state index < -0.39 is 18.6 Å². The molecule has 1 fully saturated rings. The zero-order chi connectivity index (χ0) is 21.5. The summed E-state index contributed by atoms with van der Waals surface area (Å²) in [5.74, 6) is -0.449. The molecule has 0 radical (unpaired) electrons. The summed E-state index contributed by atoms with van der Waals surface area (Å²) >= 11 is 0. The minimum atomic E-state index is -4.22. The van der Waals surface area contributed by atoms with E-state index in [0.29, 0.717) is 36.7 Å². The van der Waals surface area contributed by atoms with Crippen LogP contribution in [0.2, 0.25) is 0 Å². The van der Waals surface area contributed by atoms with Crippen LogP contribution in [-0.2, 0) is 0 Å². The molecule has 1 aliphatic carbocycles. The number of imidazole rings is 1. The molecule has 9 nitrogen and oxygen atoms in total. The second-order valence-electron chi connectivity index (χ2n) is 7.52. The molecule has 0 aromatic carbocycles. The van der Waals surface area contributed by atoms with Gasteiger partial charge >= 0.3 is 6.18 Å². The maximum absolute atomic E-state index is 12.7. The predicted molar refractivity (Wildman–Crippen MR) is 101 cm³/mol. The van der Waals surface area contributed by atoms with Crippen LogP contribution in [0.15, 0.2) is 24.9 Å². The van der Waals surface area contributed by atoms with Gasteiger partial charge in [-0.2, -0.15) is 18.3 Å². The van der Waals surface area contributed by atoms with Gasteiger partial charge in [0.25, 0.3) is 5.91 Å². The van der Waals surface area contributed by atoms with Gasteiger partial charge in [0.05, 0.1) is 18.8 Å². The molecule has 160 valence electrons. The quantitative estimate of drug-likeness (QED) is 0.675. The van der Waals surface area contributed by atoms with Crippen LogP contribution < -0.4 is 5.73 Å². The third-order valence-electron chi connectivity index (χ3n) is 5.47. The van der Waals surface area contributed by atoms with Gasteiger partial charge in [-0.25, -0.2) is 15.0 Å². The van der Waals surface area contributed by atoms with E-state index in [9.17, 15) is 18.0 Å². The number of rotatable bonds is 5. The fraction of sp³-hybridized carbons (Fsp3) is 0.500. The van der Waals surface area contributed by atoms with Crippen molar-refractivity contribution in [1.82, 2.24) is 34.2 Å². The van der Waals surface area contributed by atoms with Crippen LogP contribution in [0.1, 0.15) is 42.2 Å². The molecule has 0 saturated heterocycles. The van der Waals surface area contributed by atoms with E-state index in [1.54, 1.807) is 27.8 Å². The number of hydrogen-bond acceptors (Lipinski definition) is 6. The maximum atomic E-state index is 12.7. The summed E-state index contributed by atoms with van der Waals surface area (Å²) in [4.78, 5) is 26.1. The molecular weight excluding hydrogens is 401 g/mol. The Bertz CT molecular complexity index is 1040. The fourth-order valence-electron chi connectivity index (χ4n) is 4.05. The lowest BCUT2D eigenvalue weighted by atomic mass is 9.90.